The molecule has 1 atom stereocenters. The van der Waals surface area contributed by atoms with Gasteiger partial charge in [-0.3, -0.25) is 9.59 Å². The molecule has 0 aromatic heterocycles. The van der Waals surface area contributed by atoms with E-state index in [0.717, 1.165) is 5.56 Å². The summed E-state index contributed by atoms with van der Waals surface area (Å²) >= 11 is 0. The molecule has 2 rings (SSSR count). The van der Waals surface area contributed by atoms with E-state index in [2.05, 4.69) is 10.6 Å². The third-order valence-electron chi connectivity index (χ3n) is 4.14. The molecule has 0 saturated heterocycles. The zero-order valence-electron chi connectivity index (χ0n) is 17.0. The summed E-state index contributed by atoms with van der Waals surface area (Å²) in [5.74, 6) is -0.299. The molecule has 0 aliphatic carbocycles. The second-order valence-electron chi connectivity index (χ2n) is 7.19. The Hall–Kier alpha value is -3.61. The molecular formula is C23H26N2O5. The fourth-order valence-electron chi connectivity index (χ4n) is 2.69. The molecule has 3 N–H and O–H groups in total. The maximum Gasteiger partial charge on any atom is 0.408 e. The topological polar surface area (TPSA) is 105 Å². The lowest BCUT2D eigenvalue weighted by Gasteiger charge is -2.20. The van der Waals surface area contributed by atoms with Crippen LogP contribution in [0.25, 0.3) is 6.08 Å². The summed E-state index contributed by atoms with van der Waals surface area (Å²) in [4.78, 5) is 36.2. The molecule has 2 aromatic rings. The van der Waals surface area contributed by atoms with Crippen LogP contribution in [0.1, 0.15) is 31.4 Å². The number of hydrogen-bond donors (Lipinski definition) is 3. The van der Waals surface area contributed by atoms with Gasteiger partial charge in [0.2, 0.25) is 5.91 Å². The Balaban J connectivity index is 2.01. The Morgan fingerprint density at radius 2 is 1.73 bits per heavy atom. The van der Waals surface area contributed by atoms with E-state index >= 15 is 0 Å². The predicted molar refractivity (Wildman–Crippen MR) is 113 cm³/mol. The van der Waals surface area contributed by atoms with Gasteiger partial charge in [-0.15, -0.1) is 0 Å². The Kier molecular flexibility index (Phi) is 8.62. The van der Waals surface area contributed by atoms with Crippen LogP contribution in [-0.4, -0.2) is 29.4 Å². The number of nitrogens with one attached hydrogen (secondary N) is 2. The van der Waals surface area contributed by atoms with Gasteiger partial charge in [0.05, 0.1) is 5.70 Å². The number of amides is 2. The van der Waals surface area contributed by atoms with Crippen molar-refractivity contribution in [3.05, 3.63) is 71.4 Å². The maximum atomic E-state index is 12.7. The average Bonchev–Trinajstić information content (AvgIpc) is 2.73. The van der Waals surface area contributed by atoms with Gasteiger partial charge in [0, 0.05) is 0 Å². The van der Waals surface area contributed by atoms with Gasteiger partial charge in [0.15, 0.2) is 6.29 Å². The fraction of sp³-hybridized carbons (Fsp3) is 0.261. The summed E-state index contributed by atoms with van der Waals surface area (Å²) in [6, 6.07) is 14.5. The van der Waals surface area contributed by atoms with E-state index in [1.54, 1.807) is 12.1 Å². The molecule has 0 bridgehead atoms. The van der Waals surface area contributed by atoms with Gasteiger partial charge >= 0.3 is 6.09 Å². The third-order valence-corrected chi connectivity index (χ3v) is 4.14. The second-order valence-corrected chi connectivity index (χ2v) is 7.19. The molecule has 0 radical (unpaired) electrons. The Labute approximate surface area is 175 Å². The number of phenolic OH excluding ortho intramolecular Hbond substituents is 1. The van der Waals surface area contributed by atoms with Gasteiger partial charge in [-0.2, -0.15) is 0 Å². The zero-order chi connectivity index (χ0) is 21.9. The lowest BCUT2D eigenvalue weighted by molar-refractivity contribution is -0.123. The molecule has 30 heavy (non-hydrogen) atoms. The largest absolute Gasteiger partial charge is 0.508 e. The number of rotatable bonds is 9. The third kappa shape index (κ3) is 7.79. The van der Waals surface area contributed by atoms with Crippen molar-refractivity contribution in [3.8, 4) is 5.75 Å². The van der Waals surface area contributed by atoms with Crippen molar-refractivity contribution in [1.82, 2.24) is 10.6 Å². The monoisotopic (exact) mass is 410 g/mol. The summed E-state index contributed by atoms with van der Waals surface area (Å²) in [7, 11) is 0. The highest BCUT2D eigenvalue weighted by atomic mass is 16.5. The van der Waals surface area contributed by atoms with Crippen molar-refractivity contribution >= 4 is 24.4 Å². The van der Waals surface area contributed by atoms with E-state index in [0.29, 0.717) is 18.3 Å². The average molecular weight is 410 g/mol. The van der Waals surface area contributed by atoms with Crippen LogP contribution < -0.4 is 10.6 Å². The molecule has 7 nitrogen and oxygen atoms in total. The first-order chi connectivity index (χ1) is 14.4. The molecule has 0 heterocycles. The van der Waals surface area contributed by atoms with E-state index < -0.39 is 18.0 Å². The number of benzene rings is 2. The first kappa shape index (κ1) is 22.7. The van der Waals surface area contributed by atoms with E-state index in [1.165, 1.54) is 18.2 Å². The Bertz CT molecular complexity index is 876. The fourth-order valence-corrected chi connectivity index (χ4v) is 2.69. The molecule has 0 spiro atoms. The quantitative estimate of drug-likeness (QED) is 0.434. The van der Waals surface area contributed by atoms with Gasteiger partial charge in [0.25, 0.3) is 0 Å². The van der Waals surface area contributed by atoms with Gasteiger partial charge in [-0.05, 0) is 41.7 Å². The number of aromatic hydroxyl groups is 1. The lowest BCUT2D eigenvalue weighted by Crippen LogP contribution is -2.47. The molecular weight excluding hydrogens is 384 g/mol. The van der Waals surface area contributed by atoms with Crippen LogP contribution in [0.4, 0.5) is 4.79 Å². The molecule has 2 aromatic carbocycles. The second kappa shape index (κ2) is 11.4. The first-order valence-corrected chi connectivity index (χ1v) is 9.61. The SMILES string of the molecule is CC(C)C[C@H](NC(=O)OCc1ccccc1)C(=O)N/C(C=O)=C/c1ccc(O)cc1. The minimum Gasteiger partial charge on any atom is -0.508 e. The number of ether oxygens (including phenoxy) is 1. The van der Waals surface area contributed by atoms with Gasteiger partial charge < -0.3 is 20.5 Å². The first-order valence-electron chi connectivity index (χ1n) is 9.61. The highest BCUT2D eigenvalue weighted by Crippen LogP contribution is 2.12. The number of allylic oxidation sites excluding steroid dienone is 1. The molecule has 0 fully saturated rings. The summed E-state index contributed by atoms with van der Waals surface area (Å²) in [6.07, 6.45) is 1.65. The summed E-state index contributed by atoms with van der Waals surface area (Å²) in [6.45, 7) is 3.93. The van der Waals surface area contributed by atoms with Crippen LogP contribution in [0, 0.1) is 5.92 Å². The lowest BCUT2D eigenvalue weighted by atomic mass is 10.0. The highest BCUT2D eigenvalue weighted by molar-refractivity contribution is 5.93. The number of carbonyl (C=O) groups is 3. The normalized spacial score (nSPS) is 12.2. The van der Waals surface area contributed by atoms with Crippen LogP contribution >= 0.6 is 0 Å². The molecule has 158 valence electrons. The van der Waals surface area contributed by atoms with E-state index in [9.17, 15) is 19.5 Å². The Morgan fingerprint density at radius 3 is 2.33 bits per heavy atom. The van der Waals surface area contributed by atoms with Gasteiger partial charge in [0.1, 0.15) is 18.4 Å². The van der Waals surface area contributed by atoms with Gasteiger partial charge in [-0.25, -0.2) is 4.79 Å². The van der Waals surface area contributed by atoms with Crippen molar-refractivity contribution in [2.75, 3.05) is 0 Å². The highest BCUT2D eigenvalue weighted by Gasteiger charge is 2.23. The van der Waals surface area contributed by atoms with E-state index in [-0.39, 0.29) is 24.0 Å². The summed E-state index contributed by atoms with van der Waals surface area (Å²) in [5, 5.41) is 14.4. The van der Waals surface area contributed by atoms with Crippen LogP contribution in [0.3, 0.4) is 0 Å². The summed E-state index contributed by atoms with van der Waals surface area (Å²) < 4.78 is 5.19. The van der Waals surface area contributed by atoms with Crippen LogP contribution in [0.2, 0.25) is 0 Å². The van der Waals surface area contributed by atoms with Crippen molar-refractivity contribution in [2.45, 2.75) is 32.9 Å². The summed E-state index contributed by atoms with van der Waals surface area (Å²) in [5.41, 5.74) is 1.50. The minimum absolute atomic E-state index is 0.0406. The number of phenols is 1. The van der Waals surface area contributed by atoms with E-state index in [4.69, 9.17) is 4.74 Å². The maximum absolute atomic E-state index is 12.7. The molecule has 7 heteroatoms. The predicted octanol–water partition coefficient (Wildman–Crippen LogP) is 3.39. The molecule has 0 saturated carbocycles. The van der Waals surface area contributed by atoms with Crippen LogP contribution in [0.5, 0.6) is 5.75 Å². The van der Waals surface area contributed by atoms with Crippen molar-refractivity contribution < 1.29 is 24.2 Å². The standard InChI is InChI=1S/C23H26N2O5/c1-16(2)12-21(25-23(29)30-15-18-6-4-3-5-7-18)22(28)24-19(14-26)13-17-8-10-20(27)11-9-17/h3-11,13-14,16,21,27H,12,15H2,1-2H3,(H,24,28)(H,25,29)/b19-13+/t21-/m0/s1. The van der Waals surface area contributed by atoms with Gasteiger partial charge in [-0.1, -0.05) is 56.3 Å². The van der Waals surface area contributed by atoms with E-state index in [1.807, 2.05) is 44.2 Å². The number of alkyl carbamates (subject to hydrolysis) is 1. The van der Waals surface area contributed by atoms with Crippen molar-refractivity contribution in [2.24, 2.45) is 5.92 Å². The molecule has 0 aliphatic rings. The minimum atomic E-state index is -0.864. The van der Waals surface area contributed by atoms with Crippen molar-refractivity contribution in [3.63, 3.8) is 0 Å². The number of carbonyl (C=O) groups excluding carboxylic acids is 3. The molecule has 0 aliphatic heterocycles. The number of aldehydes is 1. The smallest absolute Gasteiger partial charge is 0.408 e. The zero-order valence-corrected chi connectivity index (χ0v) is 17.0. The molecule has 0 unspecified atom stereocenters. The van der Waals surface area contributed by atoms with Crippen molar-refractivity contribution in [1.29, 1.82) is 0 Å². The van der Waals surface area contributed by atoms with Crippen LogP contribution in [0.15, 0.2) is 60.3 Å². The Morgan fingerprint density at radius 1 is 1.07 bits per heavy atom. The van der Waals surface area contributed by atoms with Crippen LogP contribution in [-0.2, 0) is 20.9 Å². The number of hydrogen-bond acceptors (Lipinski definition) is 5. The molecule has 2 amide bonds.